The minimum Gasteiger partial charge on any atom is -0.478 e. The highest BCUT2D eigenvalue weighted by Gasteiger charge is 2.18. The molecule has 0 aliphatic carbocycles. The van der Waals surface area contributed by atoms with Crippen LogP contribution in [-0.2, 0) is 24.8 Å². The van der Waals surface area contributed by atoms with Crippen molar-refractivity contribution in [2.45, 2.75) is 9.79 Å². The van der Waals surface area contributed by atoms with Gasteiger partial charge in [-0.05, 0) is 36.4 Å². The van der Waals surface area contributed by atoms with Gasteiger partial charge in [-0.1, -0.05) is 0 Å². The molecule has 5 N–H and O–H groups in total. The maximum atomic E-state index is 13.0. The van der Waals surface area contributed by atoms with Crippen molar-refractivity contribution in [2.75, 3.05) is 7.11 Å². The molecule has 0 amide bonds. The average molecular weight is 452 g/mol. The maximum absolute atomic E-state index is 13.0. The Balaban J connectivity index is 0.000000291. The Morgan fingerprint density at radius 3 is 1.59 bits per heavy atom. The predicted molar refractivity (Wildman–Crippen MR) is 93.8 cm³/mol. The van der Waals surface area contributed by atoms with E-state index in [4.69, 9.17) is 10.2 Å². The van der Waals surface area contributed by atoms with Crippen LogP contribution in [0.25, 0.3) is 0 Å². The van der Waals surface area contributed by atoms with Gasteiger partial charge in [-0.3, -0.25) is 0 Å². The van der Waals surface area contributed by atoms with Gasteiger partial charge in [0.25, 0.3) is 0 Å². The summed E-state index contributed by atoms with van der Waals surface area (Å²) < 4.78 is 73.6. The minimum absolute atomic E-state index is 0.0806. The summed E-state index contributed by atoms with van der Waals surface area (Å²) in [5, 5.41) is 17.9. The first-order valence-corrected chi connectivity index (χ1v) is 10.2. The van der Waals surface area contributed by atoms with Crippen molar-refractivity contribution in [3.8, 4) is 0 Å². The van der Waals surface area contributed by atoms with Crippen molar-refractivity contribution in [3.05, 3.63) is 59.2 Å². The fourth-order valence-corrected chi connectivity index (χ4v) is 3.08. The van der Waals surface area contributed by atoms with E-state index < -0.39 is 53.4 Å². The van der Waals surface area contributed by atoms with Crippen LogP contribution in [0.3, 0.4) is 0 Å². The zero-order valence-electron chi connectivity index (χ0n) is 14.5. The normalized spacial score (nSPS) is 11.2. The number of hydrogen-bond acceptors (Lipinski definition) is 7. The number of primary sulfonamides is 2. The van der Waals surface area contributed by atoms with E-state index in [1.54, 1.807) is 0 Å². The third kappa shape index (κ3) is 6.56. The molecule has 158 valence electrons. The SMILES string of the molecule is COC(=O)c1ccc(F)c(S(N)(=O)=O)c1.NS(=O)(=O)c1cc(C(=O)O)ccc1F. The molecule has 0 bridgehead atoms. The van der Waals surface area contributed by atoms with Crippen LogP contribution in [0.15, 0.2) is 46.2 Å². The molecule has 0 aliphatic rings. The summed E-state index contributed by atoms with van der Waals surface area (Å²) in [6.07, 6.45) is 0. The zero-order chi connectivity index (χ0) is 22.6. The topological polar surface area (TPSA) is 184 Å². The van der Waals surface area contributed by atoms with Crippen molar-refractivity contribution in [1.82, 2.24) is 0 Å². The zero-order valence-corrected chi connectivity index (χ0v) is 16.1. The number of hydrogen-bond donors (Lipinski definition) is 3. The molecular weight excluding hydrogens is 438 g/mol. The van der Waals surface area contributed by atoms with E-state index in [1.807, 2.05) is 0 Å². The molecule has 0 radical (unpaired) electrons. The van der Waals surface area contributed by atoms with Gasteiger partial charge in [-0.25, -0.2) is 45.5 Å². The molecule has 2 aromatic carbocycles. The number of benzene rings is 2. The quantitative estimate of drug-likeness (QED) is 0.558. The highest BCUT2D eigenvalue weighted by Crippen LogP contribution is 2.16. The van der Waals surface area contributed by atoms with Gasteiger partial charge in [0, 0.05) is 0 Å². The molecule has 0 atom stereocenters. The van der Waals surface area contributed by atoms with Crippen LogP contribution in [0.4, 0.5) is 8.78 Å². The van der Waals surface area contributed by atoms with Crippen molar-refractivity contribution >= 4 is 32.0 Å². The highest BCUT2D eigenvalue weighted by atomic mass is 32.2. The smallest absolute Gasteiger partial charge is 0.337 e. The number of aromatic carboxylic acids is 1. The number of esters is 1. The van der Waals surface area contributed by atoms with Gasteiger partial charge in [0.2, 0.25) is 20.0 Å². The Kier molecular flexibility index (Phi) is 7.51. The summed E-state index contributed by atoms with van der Waals surface area (Å²) in [4.78, 5) is 19.9. The Bertz CT molecular complexity index is 1160. The van der Waals surface area contributed by atoms with E-state index in [0.29, 0.717) is 6.07 Å². The molecule has 0 spiro atoms. The number of carbonyl (C=O) groups is 2. The number of methoxy groups -OCH3 is 1. The van der Waals surface area contributed by atoms with Crippen molar-refractivity contribution in [2.24, 2.45) is 10.3 Å². The summed E-state index contributed by atoms with van der Waals surface area (Å²) in [5.74, 6) is -4.20. The summed E-state index contributed by atoms with van der Waals surface area (Å²) in [6, 6.07) is 5.14. The molecule has 0 saturated carbocycles. The monoisotopic (exact) mass is 452 g/mol. The number of sulfonamides is 2. The molecule has 14 heteroatoms. The Morgan fingerprint density at radius 2 is 1.24 bits per heavy atom. The van der Waals surface area contributed by atoms with Gasteiger partial charge in [0.15, 0.2) is 0 Å². The number of carboxylic acids is 1. The number of nitrogens with two attached hydrogens (primary N) is 2. The summed E-state index contributed by atoms with van der Waals surface area (Å²) >= 11 is 0. The molecule has 29 heavy (non-hydrogen) atoms. The van der Waals surface area contributed by atoms with Gasteiger partial charge in [0.1, 0.15) is 21.4 Å². The maximum Gasteiger partial charge on any atom is 0.337 e. The molecular formula is C15H14F2N2O8S2. The largest absolute Gasteiger partial charge is 0.478 e. The van der Waals surface area contributed by atoms with Gasteiger partial charge < -0.3 is 9.84 Å². The van der Waals surface area contributed by atoms with Gasteiger partial charge in [-0.15, -0.1) is 0 Å². The van der Waals surface area contributed by atoms with Crippen LogP contribution in [0.2, 0.25) is 0 Å². The first-order valence-electron chi connectivity index (χ1n) is 7.14. The average Bonchev–Trinajstić information content (AvgIpc) is 2.60. The summed E-state index contributed by atoms with van der Waals surface area (Å²) in [7, 11) is -7.28. The summed E-state index contributed by atoms with van der Waals surface area (Å²) in [6.45, 7) is 0. The van der Waals surface area contributed by atoms with Crippen molar-refractivity contribution in [3.63, 3.8) is 0 Å². The van der Waals surface area contributed by atoms with E-state index in [1.165, 1.54) is 0 Å². The molecule has 0 heterocycles. The lowest BCUT2D eigenvalue weighted by atomic mass is 10.2. The van der Waals surface area contributed by atoms with E-state index in [0.717, 1.165) is 37.4 Å². The van der Waals surface area contributed by atoms with E-state index in [-0.39, 0.29) is 11.1 Å². The number of rotatable bonds is 4. The van der Waals surface area contributed by atoms with Crippen LogP contribution in [0.1, 0.15) is 20.7 Å². The van der Waals surface area contributed by atoms with Gasteiger partial charge >= 0.3 is 11.9 Å². The second-order valence-electron chi connectivity index (χ2n) is 5.18. The second-order valence-corrected chi connectivity index (χ2v) is 8.24. The lowest BCUT2D eigenvalue weighted by molar-refractivity contribution is 0.0599. The molecule has 0 fully saturated rings. The van der Waals surface area contributed by atoms with Crippen LogP contribution < -0.4 is 10.3 Å². The number of ether oxygens (including phenoxy) is 1. The fraction of sp³-hybridized carbons (Fsp3) is 0.0667. The fourth-order valence-electron chi connectivity index (χ4n) is 1.82. The van der Waals surface area contributed by atoms with Crippen molar-refractivity contribution < 1.29 is 45.0 Å². The Labute approximate surface area is 163 Å². The highest BCUT2D eigenvalue weighted by molar-refractivity contribution is 7.89. The van der Waals surface area contributed by atoms with E-state index in [2.05, 4.69) is 9.88 Å². The van der Waals surface area contributed by atoms with Crippen LogP contribution >= 0.6 is 0 Å². The van der Waals surface area contributed by atoms with Gasteiger partial charge in [0.05, 0.1) is 18.2 Å². The molecule has 2 aromatic rings. The van der Waals surface area contributed by atoms with Gasteiger partial charge in [-0.2, -0.15) is 0 Å². The number of carboxylic acid groups (broad SMARTS) is 1. The minimum atomic E-state index is -4.23. The van der Waals surface area contributed by atoms with Crippen molar-refractivity contribution in [1.29, 1.82) is 0 Å². The third-order valence-electron chi connectivity index (χ3n) is 3.14. The summed E-state index contributed by atoms with van der Waals surface area (Å²) in [5.41, 5.74) is -0.418. The Hall–Kier alpha value is -2.94. The van der Waals surface area contributed by atoms with E-state index >= 15 is 0 Å². The first-order chi connectivity index (χ1) is 13.2. The molecule has 10 nitrogen and oxygen atoms in total. The lowest BCUT2D eigenvalue weighted by Crippen LogP contribution is -2.15. The first kappa shape index (κ1) is 24.1. The molecule has 0 unspecified atom stereocenters. The standard InChI is InChI=1S/C8H8FNO4S.C7H6FNO4S/c1-14-8(11)5-2-3-6(9)7(4-5)15(10,12)13;8-5-2-1-4(7(10)11)3-6(5)14(9,12)13/h2-4H,1H3,(H2,10,12,13);1-3H,(H,10,11)(H2,9,12,13). The number of halogens is 2. The van der Waals surface area contributed by atoms with Crippen LogP contribution in [-0.4, -0.2) is 41.0 Å². The second kappa shape index (κ2) is 9.04. The molecule has 2 rings (SSSR count). The van der Waals surface area contributed by atoms with E-state index in [9.17, 15) is 35.2 Å². The predicted octanol–water partition coefficient (Wildman–Crippen LogP) is 0.431. The lowest BCUT2D eigenvalue weighted by Gasteiger charge is -2.03. The number of carbonyl (C=O) groups excluding carboxylic acids is 1. The third-order valence-corrected chi connectivity index (χ3v) is 5.00. The molecule has 0 saturated heterocycles. The van der Waals surface area contributed by atoms with Crippen LogP contribution in [0, 0.1) is 11.6 Å². The van der Waals surface area contributed by atoms with Crippen LogP contribution in [0.5, 0.6) is 0 Å². The molecule has 0 aromatic heterocycles. The Morgan fingerprint density at radius 1 is 0.862 bits per heavy atom. The molecule has 0 aliphatic heterocycles.